The molecule has 0 bridgehead atoms. The molecule has 0 aromatic heterocycles. The molecule has 0 amide bonds. The third-order valence-electron chi connectivity index (χ3n) is 5.98. The zero-order chi connectivity index (χ0) is 27.6. The van der Waals surface area contributed by atoms with E-state index in [0.29, 0.717) is 23.7 Å². The van der Waals surface area contributed by atoms with E-state index in [9.17, 15) is 16.8 Å². The van der Waals surface area contributed by atoms with E-state index in [-0.39, 0.29) is 22.2 Å². The Morgan fingerprint density at radius 3 is 2.00 bits per heavy atom. The number of nitrogens with two attached hydrogens (primary N) is 1. The monoisotopic (exact) mass is 585 g/mol. The van der Waals surface area contributed by atoms with Crippen LogP contribution in [0.2, 0.25) is 5.02 Å². The molecule has 1 aliphatic rings. The molecule has 1 unspecified atom stereocenters. The molecule has 1 atom stereocenters. The lowest BCUT2D eigenvalue weighted by Gasteiger charge is -2.29. The summed E-state index contributed by atoms with van der Waals surface area (Å²) in [6.45, 7) is 0.582. The number of anilines is 1. The van der Waals surface area contributed by atoms with Gasteiger partial charge in [-0.15, -0.1) is 0 Å². The van der Waals surface area contributed by atoms with Crippen molar-refractivity contribution in [2.45, 2.75) is 29.2 Å². The van der Waals surface area contributed by atoms with Crippen molar-refractivity contribution in [2.24, 2.45) is 5.14 Å². The normalized spacial score (nSPS) is 16.1. The highest BCUT2D eigenvalue weighted by molar-refractivity contribution is 7.90. The maximum absolute atomic E-state index is 13.1. The molecule has 4 aromatic rings. The molecule has 0 radical (unpaired) electrons. The van der Waals surface area contributed by atoms with Crippen molar-refractivity contribution < 1.29 is 26.3 Å². The third kappa shape index (κ3) is 6.18. The second-order valence-corrected chi connectivity index (χ2v) is 12.4. The fourth-order valence-electron chi connectivity index (χ4n) is 4.05. The van der Waals surface area contributed by atoms with Gasteiger partial charge in [0.1, 0.15) is 29.2 Å². The van der Waals surface area contributed by atoms with Crippen molar-refractivity contribution in [1.29, 1.82) is 0 Å². The second-order valence-electron chi connectivity index (χ2n) is 8.78. The number of fused-ring (bicyclic) bond motifs is 1. The number of sulfonamides is 2. The highest BCUT2D eigenvalue weighted by atomic mass is 35.5. The molecule has 0 saturated carbocycles. The zero-order valence-electron chi connectivity index (χ0n) is 20.4. The van der Waals surface area contributed by atoms with Crippen LogP contribution in [0.3, 0.4) is 0 Å². The van der Waals surface area contributed by atoms with Gasteiger partial charge in [-0.25, -0.2) is 22.0 Å². The van der Waals surface area contributed by atoms with Crippen LogP contribution in [0.4, 0.5) is 5.69 Å². The van der Waals surface area contributed by atoms with Gasteiger partial charge < -0.3 is 14.8 Å². The van der Waals surface area contributed by atoms with Gasteiger partial charge in [0.15, 0.2) is 11.5 Å². The number of benzene rings is 4. The van der Waals surface area contributed by atoms with E-state index in [1.165, 1.54) is 6.07 Å². The lowest BCUT2D eigenvalue weighted by atomic mass is 10.1. The van der Waals surface area contributed by atoms with Crippen LogP contribution < -0.4 is 24.7 Å². The first kappa shape index (κ1) is 27.0. The molecule has 5 rings (SSSR count). The summed E-state index contributed by atoms with van der Waals surface area (Å²) in [4.78, 5) is -0.763. The standard InChI is InChI=1S/C27H24ClN3O6S2/c28-21-14-22-26(15-25(21)38(29,32)33)39(34,35)31-27(30-22)20-11-12-23(36-16-18-7-3-1-4-8-18)24(13-20)37-17-19-9-5-2-6-10-19/h1-15,27,30-31H,16-17H2,(H2,29,32,33). The highest BCUT2D eigenvalue weighted by Crippen LogP contribution is 2.38. The smallest absolute Gasteiger partial charge is 0.244 e. The number of ether oxygens (including phenoxy) is 2. The van der Waals surface area contributed by atoms with Gasteiger partial charge in [-0.1, -0.05) is 78.3 Å². The zero-order valence-corrected chi connectivity index (χ0v) is 22.8. The molecule has 9 nitrogen and oxygen atoms in total. The maximum Gasteiger partial charge on any atom is 0.244 e. The van der Waals surface area contributed by atoms with Crippen molar-refractivity contribution in [1.82, 2.24) is 4.72 Å². The van der Waals surface area contributed by atoms with Gasteiger partial charge in [-0.2, -0.15) is 4.72 Å². The molecule has 4 aromatic carbocycles. The van der Waals surface area contributed by atoms with Crippen LogP contribution in [0.15, 0.2) is 101 Å². The number of rotatable bonds is 8. The van der Waals surface area contributed by atoms with E-state index < -0.39 is 31.1 Å². The molecular formula is C27H24ClN3O6S2. The number of nitrogens with one attached hydrogen (secondary N) is 2. The quantitative estimate of drug-likeness (QED) is 0.276. The number of hydrogen-bond acceptors (Lipinski definition) is 7. The van der Waals surface area contributed by atoms with Crippen LogP contribution in [-0.4, -0.2) is 16.8 Å². The summed E-state index contributed by atoms with van der Waals surface area (Å²) in [6.07, 6.45) is -0.902. The Labute approximate surface area is 231 Å². The van der Waals surface area contributed by atoms with Gasteiger partial charge in [0.2, 0.25) is 20.0 Å². The van der Waals surface area contributed by atoms with Crippen molar-refractivity contribution in [3.63, 3.8) is 0 Å². The van der Waals surface area contributed by atoms with E-state index >= 15 is 0 Å². The van der Waals surface area contributed by atoms with Gasteiger partial charge >= 0.3 is 0 Å². The summed E-state index contributed by atoms with van der Waals surface area (Å²) in [5.41, 5.74) is 2.59. The summed E-state index contributed by atoms with van der Waals surface area (Å²) < 4.78 is 64.5. The summed E-state index contributed by atoms with van der Waals surface area (Å²) in [6, 6.07) is 26.5. The molecule has 1 heterocycles. The lowest BCUT2D eigenvalue weighted by Crippen LogP contribution is -2.38. The topological polar surface area (TPSA) is 137 Å². The van der Waals surface area contributed by atoms with Gasteiger partial charge in [-0.3, -0.25) is 0 Å². The van der Waals surface area contributed by atoms with Gasteiger partial charge in [0, 0.05) is 0 Å². The predicted octanol–water partition coefficient (Wildman–Crippen LogP) is 4.55. The minimum Gasteiger partial charge on any atom is -0.485 e. The Hall–Kier alpha value is -3.61. The fraction of sp³-hybridized carbons (Fsp3) is 0.111. The number of hydrogen-bond donors (Lipinski definition) is 3. The molecule has 39 heavy (non-hydrogen) atoms. The first-order chi connectivity index (χ1) is 18.6. The fourth-order valence-corrected chi connectivity index (χ4v) is 6.54. The van der Waals surface area contributed by atoms with Crippen molar-refractivity contribution in [3.05, 3.63) is 113 Å². The Kier molecular flexibility index (Phi) is 7.52. The van der Waals surface area contributed by atoms with E-state index in [4.69, 9.17) is 26.2 Å². The van der Waals surface area contributed by atoms with Crippen molar-refractivity contribution in [3.8, 4) is 11.5 Å². The van der Waals surface area contributed by atoms with Crippen molar-refractivity contribution in [2.75, 3.05) is 5.32 Å². The minimum absolute atomic E-state index is 0.132. The van der Waals surface area contributed by atoms with Crippen LogP contribution >= 0.6 is 11.6 Å². The highest BCUT2D eigenvalue weighted by Gasteiger charge is 2.33. The van der Waals surface area contributed by atoms with Gasteiger partial charge in [0.25, 0.3) is 0 Å². The largest absolute Gasteiger partial charge is 0.485 e. The van der Waals surface area contributed by atoms with Crippen molar-refractivity contribution >= 4 is 37.3 Å². The lowest BCUT2D eigenvalue weighted by molar-refractivity contribution is 0.255. The average Bonchev–Trinajstić information content (AvgIpc) is 2.90. The first-order valence-electron chi connectivity index (χ1n) is 11.7. The summed E-state index contributed by atoms with van der Waals surface area (Å²) >= 11 is 6.11. The molecule has 0 fully saturated rings. The SMILES string of the molecule is NS(=O)(=O)c1cc2c(cc1Cl)NC(c1ccc(OCc3ccccc3)c(OCc3ccccc3)c1)NS2(=O)=O. The first-order valence-corrected chi connectivity index (χ1v) is 15.1. The van der Waals surface area contributed by atoms with Crippen LogP contribution in [0, 0.1) is 0 Å². The van der Waals surface area contributed by atoms with Crippen LogP contribution in [0.25, 0.3) is 0 Å². The molecule has 4 N–H and O–H groups in total. The van der Waals surface area contributed by atoms with Crippen LogP contribution in [-0.2, 0) is 33.3 Å². The predicted molar refractivity (Wildman–Crippen MR) is 148 cm³/mol. The van der Waals surface area contributed by atoms with Crippen LogP contribution in [0.5, 0.6) is 11.5 Å². The van der Waals surface area contributed by atoms with E-state index in [0.717, 1.165) is 17.2 Å². The summed E-state index contributed by atoms with van der Waals surface area (Å²) in [5, 5.41) is 8.05. The van der Waals surface area contributed by atoms with Gasteiger partial charge in [0.05, 0.1) is 10.7 Å². The summed E-state index contributed by atoms with van der Waals surface area (Å²) in [5.74, 6) is 0.903. The third-order valence-corrected chi connectivity index (χ3v) is 8.82. The minimum atomic E-state index is -4.23. The molecule has 1 aliphatic heterocycles. The average molecular weight is 586 g/mol. The van der Waals surface area contributed by atoms with E-state index in [1.807, 2.05) is 60.7 Å². The molecular weight excluding hydrogens is 562 g/mol. The Balaban J connectivity index is 1.46. The van der Waals surface area contributed by atoms with E-state index in [2.05, 4.69) is 10.0 Å². The summed E-state index contributed by atoms with van der Waals surface area (Å²) in [7, 11) is -8.36. The number of halogens is 1. The Bertz CT molecular complexity index is 1720. The Morgan fingerprint density at radius 2 is 1.41 bits per heavy atom. The van der Waals surface area contributed by atoms with E-state index in [1.54, 1.807) is 18.2 Å². The second kappa shape index (κ2) is 10.9. The molecule has 0 saturated heterocycles. The molecule has 202 valence electrons. The molecule has 0 spiro atoms. The molecule has 12 heteroatoms. The number of primary sulfonamides is 1. The molecule has 0 aliphatic carbocycles. The maximum atomic E-state index is 13.1. The van der Waals surface area contributed by atoms with Gasteiger partial charge in [-0.05, 0) is 41.0 Å². The van der Waals surface area contributed by atoms with Crippen LogP contribution in [0.1, 0.15) is 22.9 Å². The Morgan fingerprint density at radius 1 is 0.821 bits per heavy atom.